The molecule has 0 spiro atoms. The number of halogens is 6. The van der Waals surface area contributed by atoms with E-state index in [1.807, 2.05) is 0 Å². The number of rotatable bonds is 4. The fourth-order valence-electron chi connectivity index (χ4n) is 3.23. The molecule has 0 fully saturated rings. The van der Waals surface area contributed by atoms with Crippen molar-refractivity contribution < 1.29 is 36.2 Å². The van der Waals surface area contributed by atoms with E-state index in [-0.39, 0.29) is 22.7 Å². The number of carbonyl (C=O) groups excluding carboxylic acids is 1. The van der Waals surface area contributed by atoms with Gasteiger partial charge in [0.15, 0.2) is 6.10 Å². The molecule has 1 N–H and O–H groups in total. The molecule has 1 amide bonds. The Labute approximate surface area is 184 Å². The Hall–Kier alpha value is -2.66. The van der Waals surface area contributed by atoms with Crippen LogP contribution in [0.1, 0.15) is 16.5 Å². The van der Waals surface area contributed by atoms with Crippen molar-refractivity contribution in [2.75, 3.05) is 5.32 Å². The molecule has 1 unspecified atom stereocenters. The molecule has 0 saturated heterocycles. The Morgan fingerprint density at radius 3 is 2.58 bits per heavy atom. The second kappa shape index (κ2) is 8.12. The van der Waals surface area contributed by atoms with Gasteiger partial charge in [-0.2, -0.15) is 22.0 Å². The molecule has 4 nitrogen and oxygen atoms in total. The van der Waals surface area contributed by atoms with E-state index in [0.29, 0.717) is 11.1 Å². The molecule has 1 aromatic heterocycles. The van der Waals surface area contributed by atoms with E-state index in [9.17, 15) is 26.7 Å². The van der Waals surface area contributed by atoms with E-state index in [2.05, 4.69) is 20.7 Å². The first-order valence-electron chi connectivity index (χ1n) is 8.65. The molecule has 3 aromatic rings. The number of hydrogen-bond acceptors (Lipinski definition) is 4. The normalized spacial score (nSPS) is 15.1. The quantitative estimate of drug-likeness (QED) is 0.387. The van der Waals surface area contributed by atoms with Crippen molar-refractivity contribution in [3.8, 4) is 22.6 Å². The maximum atomic E-state index is 12.9. The lowest BCUT2D eigenvalue weighted by Gasteiger charge is -2.30. The lowest BCUT2D eigenvalue weighted by Crippen LogP contribution is -2.30. The Balaban J connectivity index is 1.85. The number of benzene rings is 2. The number of amides is 1. The average Bonchev–Trinajstić information content (AvgIpc) is 3.12. The first-order chi connectivity index (χ1) is 14.6. The molecule has 2 heterocycles. The minimum absolute atomic E-state index is 0.110. The molecular formula is C20H11BrF5NO3S. The Morgan fingerprint density at radius 2 is 1.94 bits per heavy atom. The Bertz CT molecular complexity index is 1150. The zero-order chi connectivity index (χ0) is 22.3. The van der Waals surface area contributed by atoms with Crippen LogP contribution in [0.5, 0.6) is 11.5 Å². The van der Waals surface area contributed by atoms with Crippen LogP contribution in [0, 0.1) is 0 Å². The summed E-state index contributed by atoms with van der Waals surface area (Å²) in [5.41, 5.74) is 0.976. The maximum absolute atomic E-state index is 12.9. The summed E-state index contributed by atoms with van der Waals surface area (Å²) in [6, 6.07) is 12.0. The molecule has 1 aliphatic heterocycles. The summed E-state index contributed by atoms with van der Waals surface area (Å²) in [5, 5.41) is 1.80. The van der Waals surface area contributed by atoms with Gasteiger partial charge >= 0.3 is 18.7 Å². The van der Waals surface area contributed by atoms with Crippen LogP contribution in [-0.4, -0.2) is 18.7 Å². The van der Waals surface area contributed by atoms with Crippen LogP contribution in [0.25, 0.3) is 11.1 Å². The zero-order valence-corrected chi connectivity index (χ0v) is 17.6. The third kappa shape index (κ3) is 4.38. The fraction of sp³-hybridized carbons (Fsp3) is 0.150. The van der Waals surface area contributed by atoms with Crippen LogP contribution >= 0.6 is 27.3 Å². The van der Waals surface area contributed by atoms with Gasteiger partial charge in [0.2, 0.25) is 0 Å². The number of nitrogens with one attached hydrogen (secondary N) is 1. The Kier molecular flexibility index (Phi) is 5.65. The van der Waals surface area contributed by atoms with E-state index in [4.69, 9.17) is 4.74 Å². The zero-order valence-electron chi connectivity index (χ0n) is 15.2. The number of hydrogen-bond donors (Lipinski definition) is 1. The van der Waals surface area contributed by atoms with Crippen LogP contribution in [0.3, 0.4) is 0 Å². The van der Waals surface area contributed by atoms with E-state index < -0.39 is 24.8 Å². The summed E-state index contributed by atoms with van der Waals surface area (Å²) in [6.07, 6.45) is -5.79. The van der Waals surface area contributed by atoms with E-state index >= 15 is 0 Å². The number of carbonyl (C=O) groups is 1. The largest absolute Gasteiger partial charge is 0.479 e. The third-order valence-electron chi connectivity index (χ3n) is 4.42. The van der Waals surface area contributed by atoms with Crippen molar-refractivity contribution in [3.63, 3.8) is 0 Å². The number of anilines is 1. The molecule has 0 bridgehead atoms. The summed E-state index contributed by atoms with van der Waals surface area (Å²) < 4.78 is 75.3. The number of ether oxygens (including phenoxy) is 2. The molecule has 1 atom stereocenters. The highest BCUT2D eigenvalue weighted by Gasteiger charge is 2.39. The van der Waals surface area contributed by atoms with Crippen molar-refractivity contribution in [1.29, 1.82) is 0 Å². The van der Waals surface area contributed by atoms with Gasteiger partial charge < -0.3 is 14.8 Å². The minimum Gasteiger partial charge on any atom is -0.479 e. The van der Waals surface area contributed by atoms with Gasteiger partial charge in [0.05, 0.1) is 14.2 Å². The molecular weight excluding hydrogens is 509 g/mol. The molecule has 4 rings (SSSR count). The first-order valence-corrected chi connectivity index (χ1v) is 10.3. The van der Waals surface area contributed by atoms with Crippen molar-refractivity contribution >= 4 is 38.9 Å². The van der Waals surface area contributed by atoms with E-state index in [1.165, 1.54) is 41.7 Å². The monoisotopic (exact) mass is 519 g/mol. The molecule has 0 radical (unpaired) electrons. The minimum atomic E-state index is -5.06. The highest BCUT2D eigenvalue weighted by atomic mass is 79.9. The molecule has 0 aliphatic carbocycles. The van der Waals surface area contributed by atoms with E-state index in [0.717, 1.165) is 8.66 Å². The summed E-state index contributed by atoms with van der Waals surface area (Å²) in [4.78, 5) is 12.1. The molecule has 0 saturated carbocycles. The highest BCUT2D eigenvalue weighted by molar-refractivity contribution is 9.11. The molecule has 31 heavy (non-hydrogen) atoms. The van der Waals surface area contributed by atoms with Crippen LogP contribution in [0.15, 0.2) is 52.3 Å². The highest BCUT2D eigenvalue weighted by Crippen LogP contribution is 2.50. The van der Waals surface area contributed by atoms with Gasteiger partial charge in [-0.15, -0.1) is 11.3 Å². The number of alkyl halides is 5. The van der Waals surface area contributed by atoms with Gasteiger partial charge in [-0.3, -0.25) is 4.79 Å². The number of thiophene rings is 1. The van der Waals surface area contributed by atoms with Gasteiger partial charge in [-0.1, -0.05) is 12.1 Å². The van der Waals surface area contributed by atoms with Crippen molar-refractivity contribution in [1.82, 2.24) is 0 Å². The predicted molar refractivity (Wildman–Crippen MR) is 108 cm³/mol. The summed E-state index contributed by atoms with van der Waals surface area (Å²) >= 11 is 4.70. The second-order valence-corrected chi connectivity index (χ2v) is 8.90. The van der Waals surface area contributed by atoms with Crippen LogP contribution in [0.4, 0.5) is 27.6 Å². The second-order valence-electron chi connectivity index (χ2n) is 6.40. The summed E-state index contributed by atoms with van der Waals surface area (Å²) in [5.74, 6) is -1.97. The van der Waals surface area contributed by atoms with Crippen LogP contribution in [0.2, 0.25) is 0 Å². The number of fused-ring (bicyclic) bond motifs is 3. The summed E-state index contributed by atoms with van der Waals surface area (Å²) in [7, 11) is 0. The standard InChI is InChI=1S/C20H11BrF5NO3S/c21-15-7-6-14(31-15)17-11-8-9(27-18(28)20(24,25)26)4-5-10(11)16-12(29-17)2-1-3-13(16)30-19(22)23/h1-8,17,19H,(H,27,28). The third-order valence-corrected chi connectivity index (χ3v) is 6.09. The molecule has 2 aromatic carbocycles. The van der Waals surface area contributed by atoms with Gasteiger partial charge in [0.1, 0.15) is 11.5 Å². The van der Waals surface area contributed by atoms with Gasteiger partial charge in [0.25, 0.3) is 0 Å². The van der Waals surface area contributed by atoms with Gasteiger partial charge in [-0.25, -0.2) is 0 Å². The Morgan fingerprint density at radius 1 is 1.16 bits per heavy atom. The molecule has 1 aliphatic rings. The van der Waals surface area contributed by atoms with E-state index in [1.54, 1.807) is 23.5 Å². The van der Waals surface area contributed by atoms with Crippen LogP contribution < -0.4 is 14.8 Å². The van der Waals surface area contributed by atoms with Gasteiger partial charge in [-0.05, 0) is 57.9 Å². The fourth-order valence-corrected chi connectivity index (χ4v) is 4.70. The SMILES string of the molecule is O=C(Nc1ccc2c(c1)C(c1ccc(Br)s1)Oc1cccc(OC(F)F)c1-2)C(F)(F)F. The van der Waals surface area contributed by atoms with Crippen molar-refractivity contribution in [2.24, 2.45) is 0 Å². The van der Waals surface area contributed by atoms with Crippen molar-refractivity contribution in [3.05, 3.63) is 62.8 Å². The summed E-state index contributed by atoms with van der Waals surface area (Å²) in [6.45, 7) is -3.08. The van der Waals surface area contributed by atoms with Crippen LogP contribution in [-0.2, 0) is 4.79 Å². The van der Waals surface area contributed by atoms with Crippen molar-refractivity contribution in [2.45, 2.75) is 18.9 Å². The molecule has 162 valence electrons. The predicted octanol–water partition coefficient (Wildman–Crippen LogP) is 6.76. The molecule has 11 heteroatoms. The maximum Gasteiger partial charge on any atom is 0.471 e. The lowest BCUT2D eigenvalue weighted by molar-refractivity contribution is -0.167. The smallest absolute Gasteiger partial charge is 0.471 e. The van der Waals surface area contributed by atoms with Gasteiger partial charge in [0, 0.05) is 11.3 Å². The lowest BCUT2D eigenvalue weighted by atomic mass is 9.91. The first kappa shape index (κ1) is 21.6. The topological polar surface area (TPSA) is 47.6 Å². The average molecular weight is 520 g/mol.